The first-order valence-electron chi connectivity index (χ1n) is 10.4. The number of aliphatic hydroxyl groups excluding tert-OH is 1. The van der Waals surface area contributed by atoms with E-state index in [0.717, 1.165) is 61.4 Å². The summed E-state index contributed by atoms with van der Waals surface area (Å²) in [4.78, 5) is 1.66. The third-order valence-electron chi connectivity index (χ3n) is 4.91. The van der Waals surface area contributed by atoms with Crippen molar-refractivity contribution in [2.45, 2.75) is 33.6 Å². The van der Waals surface area contributed by atoms with E-state index in [1.807, 2.05) is 5.16 Å². The molecule has 0 radical (unpaired) electrons. The molecule has 0 spiro atoms. The molecule has 2 N–H and O–H groups in total. The van der Waals surface area contributed by atoms with Gasteiger partial charge in [0, 0.05) is 11.6 Å². The minimum absolute atomic E-state index is 0.0895. The number of halogens is 6. The Morgan fingerprint density at radius 3 is 1.68 bits per heavy atom. The van der Waals surface area contributed by atoms with Crippen LogP contribution in [0.3, 0.4) is 0 Å². The van der Waals surface area contributed by atoms with E-state index in [0.29, 0.717) is 0 Å². The number of nitrogens with zero attached hydrogens (tertiary/aromatic N) is 2. The summed E-state index contributed by atoms with van der Waals surface area (Å²) in [5.74, 6) is -0.218. The minimum Gasteiger partial charge on any atom is -0.511 e. The Kier molecular flexibility index (Phi) is 10.2. The lowest BCUT2D eigenvalue weighted by atomic mass is 10.2. The van der Waals surface area contributed by atoms with Crippen LogP contribution in [0.4, 0.5) is 37.7 Å². The summed E-state index contributed by atoms with van der Waals surface area (Å²) in [6, 6.07) is 9.37. The summed E-state index contributed by atoms with van der Waals surface area (Å²) in [5, 5.41) is 23.5. The number of isothiocyanates is 1. The molecule has 0 bridgehead atoms. The second-order valence-corrected chi connectivity index (χ2v) is 12.2. The van der Waals surface area contributed by atoms with Crippen LogP contribution < -0.4 is 5.32 Å². The highest BCUT2D eigenvalue weighted by Crippen LogP contribution is 2.37. The van der Waals surface area contributed by atoms with Crippen LogP contribution in [0.5, 0.6) is 0 Å². The van der Waals surface area contributed by atoms with Gasteiger partial charge in [-0.25, -0.2) is 16.8 Å². The number of allylic oxidation sites excluding steroid dienone is 1. The second kappa shape index (κ2) is 12.4. The third kappa shape index (κ3) is 7.86. The maximum Gasteiger partial charge on any atom is 0.501 e. The normalized spacial score (nSPS) is 14.4. The molecule has 1 saturated carbocycles. The fraction of sp³-hybridized carbons (Fsp3) is 0.227. The molecule has 1 fully saturated rings. The van der Waals surface area contributed by atoms with Crippen LogP contribution >= 0.6 is 24.4 Å². The Bertz CT molecular complexity index is 1600. The Morgan fingerprint density at radius 1 is 0.900 bits per heavy atom. The number of benzene rings is 2. The molecule has 1 aliphatic carbocycles. The van der Waals surface area contributed by atoms with Crippen LogP contribution in [-0.4, -0.2) is 43.1 Å². The monoisotopic (exact) mass is 643 g/mol. The first-order chi connectivity index (χ1) is 18.4. The second-order valence-electron chi connectivity index (χ2n) is 7.72. The highest BCUT2D eigenvalue weighted by atomic mass is 32.2. The minimum atomic E-state index is -5.42. The fourth-order valence-electron chi connectivity index (χ4n) is 2.72. The number of alkyl halides is 6. The lowest BCUT2D eigenvalue weighted by molar-refractivity contribution is -0.0442. The highest BCUT2D eigenvalue weighted by molar-refractivity contribution is 7.92. The number of hydrogen-bond donors (Lipinski definition) is 2. The summed E-state index contributed by atoms with van der Waals surface area (Å²) in [7, 11) is -10.7. The summed E-state index contributed by atoms with van der Waals surface area (Å²) in [6.45, 7) is 0. The number of thiocarbonyl (C=S) groups is 2. The molecule has 0 unspecified atom stereocenters. The number of aliphatic hydroxyl groups is 1. The summed E-state index contributed by atoms with van der Waals surface area (Å²) >= 11 is 9.28. The smallest absolute Gasteiger partial charge is 0.501 e. The number of anilines is 1. The van der Waals surface area contributed by atoms with Gasteiger partial charge >= 0.3 is 11.0 Å². The lowest BCUT2D eigenvalue weighted by Gasteiger charge is -2.11. The zero-order valence-corrected chi connectivity index (χ0v) is 22.8. The van der Waals surface area contributed by atoms with Gasteiger partial charge in [-0.3, -0.25) is 0 Å². The van der Waals surface area contributed by atoms with Crippen LogP contribution in [0, 0.1) is 17.2 Å². The molecule has 1 aliphatic rings. The van der Waals surface area contributed by atoms with Crippen molar-refractivity contribution in [2.24, 2.45) is 10.9 Å². The largest absolute Gasteiger partial charge is 0.511 e. The quantitative estimate of drug-likeness (QED) is 0.0944. The summed E-state index contributed by atoms with van der Waals surface area (Å²) in [6.07, 6.45) is 1.51. The van der Waals surface area contributed by atoms with E-state index in [2.05, 4.69) is 22.5 Å². The van der Waals surface area contributed by atoms with Crippen molar-refractivity contribution in [1.29, 1.82) is 5.26 Å². The van der Waals surface area contributed by atoms with E-state index < -0.39 is 40.5 Å². The first-order valence-corrected chi connectivity index (χ1v) is 14.2. The molecule has 8 nitrogen and oxygen atoms in total. The van der Waals surface area contributed by atoms with Crippen molar-refractivity contribution in [3.05, 3.63) is 59.9 Å². The van der Waals surface area contributed by atoms with Crippen molar-refractivity contribution in [3.8, 4) is 6.07 Å². The maximum absolute atomic E-state index is 12.5. The van der Waals surface area contributed by atoms with E-state index in [9.17, 15) is 48.3 Å². The molecule has 214 valence electrons. The number of rotatable bonds is 6. The SMILES string of the molecule is N#CC(C(=S)Nc1ccc(S(=O)(=O)C(F)(F)F)cc1)=C(O)C1CC1.O=S(=O)(c1ccc(N=C=S)cc1)C(F)(F)F. The molecule has 0 saturated heterocycles. The number of nitrogens with one attached hydrogen (secondary N) is 1. The zero-order chi connectivity index (χ0) is 30.5. The predicted octanol–water partition coefficient (Wildman–Crippen LogP) is 6.18. The van der Waals surface area contributed by atoms with Crippen molar-refractivity contribution < 1.29 is 48.3 Å². The number of nitriles is 1. The Balaban J connectivity index is 0.000000305. The maximum atomic E-state index is 12.5. The molecule has 40 heavy (non-hydrogen) atoms. The van der Waals surface area contributed by atoms with E-state index in [-0.39, 0.29) is 33.6 Å². The van der Waals surface area contributed by atoms with Gasteiger partial charge in [0.05, 0.1) is 20.6 Å². The van der Waals surface area contributed by atoms with Crippen molar-refractivity contribution in [3.63, 3.8) is 0 Å². The first kappa shape index (κ1) is 32.8. The molecular formula is C22H15F6N3O5S4. The summed E-state index contributed by atoms with van der Waals surface area (Å²) < 4.78 is 118. The Hall–Kier alpha value is -3.36. The van der Waals surface area contributed by atoms with Crippen LogP contribution in [0.2, 0.25) is 0 Å². The van der Waals surface area contributed by atoms with Gasteiger partial charge in [0.1, 0.15) is 22.4 Å². The highest BCUT2D eigenvalue weighted by Gasteiger charge is 2.47. The molecule has 0 heterocycles. The van der Waals surface area contributed by atoms with Gasteiger partial charge in [0.25, 0.3) is 19.7 Å². The van der Waals surface area contributed by atoms with Crippen LogP contribution in [0.15, 0.2) is 74.6 Å². The van der Waals surface area contributed by atoms with Gasteiger partial charge < -0.3 is 10.4 Å². The number of aliphatic imine (C=N–C) groups is 1. The molecule has 3 rings (SSSR count). The van der Waals surface area contributed by atoms with Crippen LogP contribution in [0.1, 0.15) is 12.8 Å². The zero-order valence-electron chi connectivity index (χ0n) is 19.5. The van der Waals surface area contributed by atoms with Gasteiger partial charge in [-0.15, -0.1) is 0 Å². The van der Waals surface area contributed by atoms with Gasteiger partial charge in [-0.2, -0.15) is 36.6 Å². The molecule has 0 atom stereocenters. The van der Waals surface area contributed by atoms with Crippen molar-refractivity contribution in [2.75, 3.05) is 5.32 Å². The Morgan fingerprint density at radius 2 is 1.32 bits per heavy atom. The van der Waals surface area contributed by atoms with Gasteiger partial charge in [-0.05, 0) is 73.6 Å². The molecule has 0 aliphatic heterocycles. The topological polar surface area (TPSA) is 137 Å². The summed E-state index contributed by atoms with van der Waals surface area (Å²) in [5.41, 5.74) is -10.4. The molecule has 0 amide bonds. The predicted molar refractivity (Wildman–Crippen MR) is 138 cm³/mol. The van der Waals surface area contributed by atoms with E-state index >= 15 is 0 Å². The average molecular weight is 644 g/mol. The van der Waals surface area contributed by atoms with E-state index in [1.165, 1.54) is 0 Å². The van der Waals surface area contributed by atoms with E-state index in [1.54, 1.807) is 6.07 Å². The molecule has 18 heteroatoms. The number of sulfone groups is 2. The molecular weight excluding hydrogens is 629 g/mol. The van der Waals surface area contributed by atoms with E-state index in [4.69, 9.17) is 17.5 Å². The van der Waals surface area contributed by atoms with Gasteiger partial charge in [-0.1, -0.05) is 12.2 Å². The van der Waals surface area contributed by atoms with Crippen LogP contribution in [-0.2, 0) is 19.7 Å². The number of hydrogen-bond acceptors (Lipinski definition) is 9. The lowest BCUT2D eigenvalue weighted by Crippen LogP contribution is -2.23. The van der Waals surface area contributed by atoms with Crippen molar-refractivity contribution >= 4 is 65.6 Å². The van der Waals surface area contributed by atoms with Crippen LogP contribution in [0.25, 0.3) is 0 Å². The average Bonchev–Trinajstić information content (AvgIpc) is 3.70. The molecule has 2 aromatic carbocycles. The van der Waals surface area contributed by atoms with Gasteiger partial charge in [0.2, 0.25) is 0 Å². The third-order valence-corrected chi connectivity index (χ3v) is 8.31. The standard InChI is InChI=1S/C14H11F3N2O3S2.C8H4F3NO2S2/c15-14(16,17)24(21,22)10-5-3-9(4-6-10)19-13(23)11(7-18)12(20)8-1-2-8;9-8(10,11)16(13,14)7-3-1-6(2-4-7)12-5-15/h3-6,8,20H,1-2H2,(H,19,23);1-4H. The van der Waals surface area contributed by atoms with Crippen molar-refractivity contribution in [1.82, 2.24) is 0 Å². The molecule has 2 aromatic rings. The van der Waals surface area contributed by atoms with Gasteiger partial charge in [0.15, 0.2) is 0 Å². The Labute approximate surface area is 234 Å². The fourth-order valence-corrected chi connectivity index (χ4v) is 4.61. The molecule has 0 aromatic heterocycles.